The maximum atomic E-state index is 12.2. The van der Waals surface area contributed by atoms with Crippen molar-refractivity contribution in [3.63, 3.8) is 0 Å². The van der Waals surface area contributed by atoms with Crippen molar-refractivity contribution in [1.82, 2.24) is 15.1 Å². The highest BCUT2D eigenvalue weighted by atomic mass is 79.9. The average Bonchev–Trinajstić information content (AvgIpc) is 3.25. The largest absolute Gasteiger partial charge is 0.454 e. The number of carbonyl (C=O) groups excluding carboxylic acids is 1. The van der Waals surface area contributed by atoms with Crippen LogP contribution >= 0.6 is 27.7 Å². The van der Waals surface area contributed by atoms with E-state index in [1.165, 1.54) is 0 Å². The molecular formula is C15H14BrN3O3S. The van der Waals surface area contributed by atoms with E-state index in [-0.39, 0.29) is 18.1 Å². The van der Waals surface area contributed by atoms with Gasteiger partial charge in [-0.2, -0.15) is 5.10 Å². The smallest absolute Gasteiger partial charge is 0.233 e. The number of hydrogen-bond acceptors (Lipinski definition) is 5. The van der Waals surface area contributed by atoms with Crippen LogP contribution in [0.5, 0.6) is 11.5 Å². The summed E-state index contributed by atoms with van der Waals surface area (Å²) in [4.78, 5) is 14.1. The summed E-state index contributed by atoms with van der Waals surface area (Å²) in [5.74, 6) is 2.21. The fourth-order valence-electron chi connectivity index (χ4n) is 2.74. The molecule has 0 bridgehead atoms. The van der Waals surface area contributed by atoms with E-state index < -0.39 is 0 Å². The Balaban J connectivity index is 1.48. The number of nitrogens with zero attached hydrogens (tertiary/aromatic N) is 2. The van der Waals surface area contributed by atoms with Crippen LogP contribution in [-0.2, 0) is 11.2 Å². The number of hydrogen-bond donors (Lipinski definition) is 1. The summed E-state index contributed by atoms with van der Waals surface area (Å²) in [5.41, 5.74) is 2.06. The Kier molecular flexibility index (Phi) is 3.94. The molecule has 6 nitrogen and oxygen atoms in total. The van der Waals surface area contributed by atoms with Gasteiger partial charge in [0.05, 0.1) is 22.1 Å². The summed E-state index contributed by atoms with van der Waals surface area (Å²) < 4.78 is 11.6. The second-order valence-electron chi connectivity index (χ2n) is 5.32. The number of aromatic amines is 1. The molecule has 1 amide bonds. The quantitative estimate of drug-likeness (QED) is 0.861. The summed E-state index contributed by atoms with van der Waals surface area (Å²) in [6.07, 6.45) is 2.49. The third kappa shape index (κ3) is 2.81. The Morgan fingerprint density at radius 1 is 1.39 bits per heavy atom. The lowest BCUT2D eigenvalue weighted by Crippen LogP contribution is -2.30. The molecule has 1 unspecified atom stereocenters. The van der Waals surface area contributed by atoms with Crippen molar-refractivity contribution < 1.29 is 14.3 Å². The molecule has 1 atom stereocenters. The number of thioether (sulfide) groups is 1. The Bertz CT molecular complexity index is 751. The topological polar surface area (TPSA) is 67.5 Å². The molecule has 2 aliphatic rings. The Labute approximate surface area is 145 Å². The van der Waals surface area contributed by atoms with Gasteiger partial charge in [-0.1, -0.05) is 6.07 Å². The normalized spacial score (nSPS) is 19.6. The van der Waals surface area contributed by atoms with Crippen LogP contribution in [0.4, 0.5) is 0 Å². The van der Waals surface area contributed by atoms with Gasteiger partial charge in [0.1, 0.15) is 5.37 Å². The van der Waals surface area contributed by atoms with E-state index in [9.17, 15) is 4.79 Å². The van der Waals surface area contributed by atoms with Gasteiger partial charge in [-0.25, -0.2) is 0 Å². The molecule has 120 valence electrons. The van der Waals surface area contributed by atoms with Crippen LogP contribution in [0.2, 0.25) is 0 Å². The molecule has 0 spiro atoms. The fourth-order valence-corrected chi connectivity index (χ4v) is 4.51. The molecular weight excluding hydrogens is 382 g/mol. The van der Waals surface area contributed by atoms with E-state index >= 15 is 0 Å². The number of nitrogens with one attached hydrogen (secondary N) is 1. The summed E-state index contributed by atoms with van der Waals surface area (Å²) in [6, 6.07) is 5.92. The lowest BCUT2D eigenvalue weighted by atomic mass is 10.1. The number of benzene rings is 1. The molecule has 0 saturated carbocycles. The van der Waals surface area contributed by atoms with Crippen LogP contribution < -0.4 is 9.47 Å². The number of rotatable bonds is 4. The second-order valence-corrected chi connectivity index (χ2v) is 7.24. The first-order chi connectivity index (χ1) is 11.2. The average molecular weight is 396 g/mol. The van der Waals surface area contributed by atoms with Gasteiger partial charge >= 0.3 is 0 Å². The fraction of sp³-hybridized carbons (Fsp3) is 0.333. The first-order valence-corrected chi connectivity index (χ1v) is 9.05. The number of aromatic nitrogens is 2. The molecule has 8 heteroatoms. The van der Waals surface area contributed by atoms with E-state index in [0.29, 0.717) is 12.3 Å². The molecule has 1 aromatic heterocycles. The number of amides is 1. The molecule has 0 radical (unpaired) electrons. The highest BCUT2D eigenvalue weighted by Crippen LogP contribution is 2.40. The number of carbonyl (C=O) groups is 1. The zero-order chi connectivity index (χ0) is 15.8. The molecule has 1 saturated heterocycles. The molecule has 23 heavy (non-hydrogen) atoms. The second kappa shape index (κ2) is 6.09. The third-order valence-electron chi connectivity index (χ3n) is 3.91. The van der Waals surface area contributed by atoms with Crippen molar-refractivity contribution >= 4 is 33.6 Å². The molecule has 0 aliphatic carbocycles. The van der Waals surface area contributed by atoms with Crippen LogP contribution in [0.1, 0.15) is 16.6 Å². The number of halogens is 1. The van der Waals surface area contributed by atoms with Gasteiger partial charge in [0.25, 0.3) is 0 Å². The van der Waals surface area contributed by atoms with E-state index in [4.69, 9.17) is 9.47 Å². The minimum absolute atomic E-state index is 0.0200. The Morgan fingerprint density at radius 3 is 3.09 bits per heavy atom. The van der Waals surface area contributed by atoms with Crippen LogP contribution in [0.3, 0.4) is 0 Å². The minimum atomic E-state index is -0.0200. The van der Waals surface area contributed by atoms with Gasteiger partial charge < -0.3 is 14.4 Å². The molecule has 2 aromatic rings. The predicted octanol–water partition coefficient (Wildman–Crippen LogP) is 2.72. The van der Waals surface area contributed by atoms with Gasteiger partial charge in [-0.05, 0) is 40.0 Å². The first kappa shape index (κ1) is 14.9. The van der Waals surface area contributed by atoms with Crippen LogP contribution in [0, 0.1) is 0 Å². The van der Waals surface area contributed by atoms with Crippen molar-refractivity contribution in [2.24, 2.45) is 0 Å². The molecule has 1 fully saturated rings. The lowest BCUT2D eigenvalue weighted by Gasteiger charge is -2.23. The van der Waals surface area contributed by atoms with E-state index in [0.717, 1.165) is 33.6 Å². The van der Waals surface area contributed by atoms with Gasteiger partial charge in [0, 0.05) is 6.54 Å². The van der Waals surface area contributed by atoms with Gasteiger partial charge in [-0.15, -0.1) is 11.8 Å². The third-order valence-corrected chi connectivity index (χ3v) is 5.77. The molecule has 1 aromatic carbocycles. The predicted molar refractivity (Wildman–Crippen MR) is 89.5 cm³/mol. The van der Waals surface area contributed by atoms with Gasteiger partial charge in [-0.3, -0.25) is 9.89 Å². The van der Waals surface area contributed by atoms with Crippen molar-refractivity contribution in [2.75, 3.05) is 19.1 Å². The maximum absolute atomic E-state index is 12.2. The van der Waals surface area contributed by atoms with Gasteiger partial charge in [0.15, 0.2) is 11.5 Å². The zero-order valence-corrected chi connectivity index (χ0v) is 14.5. The molecule has 1 N–H and O–H groups in total. The summed E-state index contributed by atoms with van der Waals surface area (Å²) in [6.45, 7) is 0.928. The SMILES string of the molecule is O=C1CSC(c2[nH]ncc2Br)N1CCc1ccc2c(c1)OCO2. The van der Waals surface area contributed by atoms with Crippen LogP contribution in [-0.4, -0.2) is 40.1 Å². The van der Waals surface area contributed by atoms with Gasteiger partial charge in [0.2, 0.25) is 12.7 Å². The molecule has 2 aliphatic heterocycles. The minimum Gasteiger partial charge on any atom is -0.454 e. The Morgan fingerprint density at radius 2 is 2.26 bits per heavy atom. The highest BCUT2D eigenvalue weighted by molar-refractivity contribution is 9.10. The molecule has 3 heterocycles. The standard InChI is InChI=1S/C15H14BrN3O3S/c16-10-6-17-18-14(10)15-19(13(20)7-23-15)4-3-9-1-2-11-12(5-9)22-8-21-11/h1-2,5-6,15H,3-4,7-8H2,(H,17,18). The number of H-pyrrole nitrogens is 1. The Hall–Kier alpha value is -1.67. The van der Waals surface area contributed by atoms with E-state index in [1.807, 2.05) is 23.1 Å². The lowest BCUT2D eigenvalue weighted by molar-refractivity contribution is -0.128. The zero-order valence-electron chi connectivity index (χ0n) is 12.1. The van der Waals surface area contributed by atoms with Crippen molar-refractivity contribution in [3.05, 3.63) is 40.1 Å². The van der Waals surface area contributed by atoms with E-state index in [2.05, 4.69) is 26.1 Å². The van der Waals surface area contributed by atoms with E-state index in [1.54, 1.807) is 18.0 Å². The summed E-state index contributed by atoms with van der Waals surface area (Å²) in [7, 11) is 0. The van der Waals surface area contributed by atoms with Crippen molar-refractivity contribution in [1.29, 1.82) is 0 Å². The summed E-state index contributed by atoms with van der Waals surface area (Å²) >= 11 is 5.09. The van der Waals surface area contributed by atoms with Crippen molar-refractivity contribution in [2.45, 2.75) is 11.8 Å². The monoisotopic (exact) mass is 395 g/mol. The highest BCUT2D eigenvalue weighted by Gasteiger charge is 2.34. The molecule has 4 rings (SSSR count). The maximum Gasteiger partial charge on any atom is 0.233 e. The van der Waals surface area contributed by atoms with Crippen molar-refractivity contribution in [3.8, 4) is 11.5 Å². The van der Waals surface area contributed by atoms with Crippen LogP contribution in [0.15, 0.2) is 28.9 Å². The van der Waals surface area contributed by atoms with Crippen LogP contribution in [0.25, 0.3) is 0 Å². The number of ether oxygens (including phenoxy) is 2. The number of fused-ring (bicyclic) bond motifs is 1. The summed E-state index contributed by atoms with van der Waals surface area (Å²) in [5, 5.41) is 6.99. The first-order valence-electron chi connectivity index (χ1n) is 7.21.